The Bertz CT molecular complexity index is 1300. The third-order valence-electron chi connectivity index (χ3n) is 6.33. The molecule has 1 saturated heterocycles. The Balaban J connectivity index is 0.000000724. The Hall–Kier alpha value is -2.97. The lowest BCUT2D eigenvalue weighted by Gasteiger charge is -2.30. The van der Waals surface area contributed by atoms with Gasteiger partial charge < -0.3 is 14.4 Å². The molecule has 1 aromatic carbocycles. The minimum atomic E-state index is -0.250. The van der Waals surface area contributed by atoms with E-state index in [1.807, 2.05) is 29.1 Å². The number of nitrogens with zero attached hydrogens (tertiary/aromatic N) is 5. The van der Waals surface area contributed by atoms with Crippen molar-refractivity contribution in [1.82, 2.24) is 24.3 Å². The van der Waals surface area contributed by atoms with Gasteiger partial charge in [0.25, 0.3) is 6.47 Å². The van der Waals surface area contributed by atoms with Gasteiger partial charge in [-0.1, -0.05) is 11.6 Å². The van der Waals surface area contributed by atoms with Crippen LogP contribution in [-0.2, 0) is 16.1 Å². The standard InChI is InChI=1S/C23H24ClN5O.CH2O2/c1-14-10-17(7-9-30-14)29-22(13-28-8-6-19(27-28)15-2-3-15)26-21-12-25-20-5-4-16(24)11-18(20)23(21)29;2-1-3/h4-6,8,11-12,14-15,17H,2-3,7,9-10,13H2,1H3;1H,(H,2,3)/t14-,17-;/m1./s1. The average molecular weight is 468 g/mol. The SMILES string of the molecule is C[C@@H]1C[C@H](n2c(Cn3ccc(C4CC4)n3)nc3cnc4ccc(Cl)cc4c32)CCO1.O=CO. The summed E-state index contributed by atoms with van der Waals surface area (Å²) < 4.78 is 10.3. The normalized spacial score (nSPS) is 20.5. The lowest BCUT2D eigenvalue weighted by molar-refractivity contribution is -0.122. The third kappa shape index (κ3) is 4.45. The first-order valence-electron chi connectivity index (χ1n) is 11.2. The van der Waals surface area contributed by atoms with Crippen molar-refractivity contribution in [1.29, 1.82) is 0 Å². The zero-order valence-electron chi connectivity index (χ0n) is 18.4. The Labute approximate surface area is 196 Å². The molecule has 4 aromatic rings. The van der Waals surface area contributed by atoms with E-state index < -0.39 is 0 Å². The molecular weight excluding hydrogens is 442 g/mol. The van der Waals surface area contributed by atoms with E-state index in [9.17, 15) is 0 Å². The van der Waals surface area contributed by atoms with E-state index in [0.717, 1.165) is 47.2 Å². The summed E-state index contributed by atoms with van der Waals surface area (Å²) in [6, 6.07) is 8.37. The fraction of sp³-hybridized carbons (Fsp3) is 0.417. The van der Waals surface area contributed by atoms with Gasteiger partial charge in [0, 0.05) is 35.2 Å². The average Bonchev–Trinajstić information content (AvgIpc) is 3.43. The summed E-state index contributed by atoms with van der Waals surface area (Å²) in [5, 5.41) is 13.5. The van der Waals surface area contributed by atoms with E-state index in [1.54, 1.807) is 0 Å². The Morgan fingerprint density at radius 1 is 1.24 bits per heavy atom. The number of carboxylic acid groups (broad SMARTS) is 1. The molecule has 1 aliphatic carbocycles. The monoisotopic (exact) mass is 467 g/mol. The van der Waals surface area contributed by atoms with Crippen molar-refractivity contribution in [3.05, 3.63) is 53.2 Å². The number of pyridine rings is 1. The lowest BCUT2D eigenvalue weighted by atomic mass is 10.0. The summed E-state index contributed by atoms with van der Waals surface area (Å²) in [6.07, 6.45) is 8.65. The van der Waals surface area contributed by atoms with Crippen LogP contribution in [0.5, 0.6) is 0 Å². The second-order valence-electron chi connectivity index (χ2n) is 8.73. The number of carbonyl (C=O) groups is 1. The first kappa shape index (κ1) is 21.9. The fourth-order valence-electron chi connectivity index (χ4n) is 4.72. The predicted octanol–water partition coefficient (Wildman–Crippen LogP) is 4.80. The van der Waals surface area contributed by atoms with Gasteiger partial charge >= 0.3 is 0 Å². The maximum Gasteiger partial charge on any atom is 0.290 e. The van der Waals surface area contributed by atoms with Crippen LogP contribution < -0.4 is 0 Å². The molecule has 4 heterocycles. The van der Waals surface area contributed by atoms with Crippen LogP contribution in [0.25, 0.3) is 21.9 Å². The number of hydrogen-bond donors (Lipinski definition) is 1. The predicted molar refractivity (Wildman–Crippen MR) is 126 cm³/mol. The first-order chi connectivity index (χ1) is 16.1. The highest BCUT2D eigenvalue weighted by Crippen LogP contribution is 2.39. The number of imidazole rings is 1. The summed E-state index contributed by atoms with van der Waals surface area (Å²) in [5.41, 5.74) is 4.17. The molecule has 2 fully saturated rings. The number of halogens is 1. The molecule has 172 valence electrons. The zero-order valence-corrected chi connectivity index (χ0v) is 19.1. The minimum absolute atomic E-state index is 0.233. The molecular formula is C24H26ClN5O3. The number of benzene rings is 1. The topological polar surface area (TPSA) is 95.1 Å². The second-order valence-corrected chi connectivity index (χ2v) is 9.17. The second kappa shape index (κ2) is 9.11. The molecule has 8 nitrogen and oxygen atoms in total. The van der Waals surface area contributed by atoms with Crippen molar-refractivity contribution < 1.29 is 14.6 Å². The van der Waals surface area contributed by atoms with Gasteiger partial charge in [-0.25, -0.2) is 4.98 Å². The number of fused-ring (bicyclic) bond motifs is 3. The maximum atomic E-state index is 8.36. The van der Waals surface area contributed by atoms with E-state index in [4.69, 9.17) is 36.3 Å². The van der Waals surface area contributed by atoms with E-state index in [-0.39, 0.29) is 12.6 Å². The van der Waals surface area contributed by atoms with Crippen LogP contribution in [-0.4, -0.2) is 48.6 Å². The Kier molecular flexibility index (Phi) is 6.03. The third-order valence-corrected chi connectivity index (χ3v) is 6.57. The molecule has 0 amide bonds. The van der Waals surface area contributed by atoms with Gasteiger partial charge in [0.2, 0.25) is 0 Å². The molecule has 0 radical (unpaired) electrons. The molecule has 2 aliphatic rings. The molecule has 2 atom stereocenters. The van der Waals surface area contributed by atoms with Crippen LogP contribution in [0, 0.1) is 0 Å². The summed E-state index contributed by atoms with van der Waals surface area (Å²) in [6.45, 7) is 3.31. The molecule has 33 heavy (non-hydrogen) atoms. The highest BCUT2D eigenvalue weighted by atomic mass is 35.5. The maximum absolute atomic E-state index is 8.36. The molecule has 0 bridgehead atoms. The lowest BCUT2D eigenvalue weighted by Crippen LogP contribution is -2.27. The van der Waals surface area contributed by atoms with Crippen LogP contribution in [0.15, 0.2) is 36.7 Å². The molecule has 6 rings (SSSR count). The Morgan fingerprint density at radius 3 is 2.82 bits per heavy atom. The number of hydrogen-bond acceptors (Lipinski definition) is 5. The van der Waals surface area contributed by atoms with E-state index in [2.05, 4.69) is 28.7 Å². The molecule has 1 saturated carbocycles. The van der Waals surface area contributed by atoms with Crippen molar-refractivity contribution in [2.24, 2.45) is 0 Å². The largest absolute Gasteiger partial charge is 0.483 e. The number of aromatic nitrogens is 5. The highest BCUT2D eigenvalue weighted by molar-refractivity contribution is 6.31. The molecule has 0 spiro atoms. The molecule has 9 heteroatoms. The Morgan fingerprint density at radius 2 is 2.06 bits per heavy atom. The van der Waals surface area contributed by atoms with Crippen molar-refractivity contribution >= 4 is 40.0 Å². The quantitative estimate of drug-likeness (QED) is 0.433. The fourth-order valence-corrected chi connectivity index (χ4v) is 4.89. The van der Waals surface area contributed by atoms with Gasteiger partial charge in [-0.2, -0.15) is 5.10 Å². The minimum Gasteiger partial charge on any atom is -0.483 e. The first-order valence-corrected chi connectivity index (χ1v) is 11.6. The molecule has 1 aliphatic heterocycles. The van der Waals surface area contributed by atoms with E-state index in [0.29, 0.717) is 23.5 Å². The summed E-state index contributed by atoms with van der Waals surface area (Å²) in [7, 11) is 0. The van der Waals surface area contributed by atoms with Crippen molar-refractivity contribution in [2.45, 2.75) is 57.2 Å². The van der Waals surface area contributed by atoms with E-state index in [1.165, 1.54) is 18.5 Å². The van der Waals surface area contributed by atoms with Gasteiger partial charge in [-0.3, -0.25) is 14.5 Å². The van der Waals surface area contributed by atoms with Crippen LogP contribution >= 0.6 is 11.6 Å². The van der Waals surface area contributed by atoms with Crippen molar-refractivity contribution in [2.75, 3.05) is 6.61 Å². The highest BCUT2D eigenvalue weighted by Gasteiger charge is 2.28. The van der Waals surface area contributed by atoms with E-state index >= 15 is 0 Å². The van der Waals surface area contributed by atoms with Gasteiger partial charge in [0.15, 0.2) is 0 Å². The molecule has 0 unspecified atom stereocenters. The van der Waals surface area contributed by atoms with Gasteiger partial charge in [-0.05, 0) is 56.9 Å². The van der Waals surface area contributed by atoms with Crippen LogP contribution in [0.3, 0.4) is 0 Å². The smallest absolute Gasteiger partial charge is 0.290 e. The zero-order chi connectivity index (χ0) is 22.9. The number of ether oxygens (including phenoxy) is 1. The summed E-state index contributed by atoms with van der Waals surface area (Å²) in [4.78, 5) is 18.0. The molecule has 3 aromatic heterocycles. The van der Waals surface area contributed by atoms with Crippen LogP contribution in [0.4, 0.5) is 0 Å². The van der Waals surface area contributed by atoms with Crippen LogP contribution in [0.1, 0.15) is 56.1 Å². The van der Waals surface area contributed by atoms with Gasteiger partial charge in [-0.15, -0.1) is 0 Å². The molecule has 1 N–H and O–H groups in total. The van der Waals surface area contributed by atoms with Gasteiger partial charge in [0.05, 0.1) is 35.6 Å². The number of rotatable bonds is 4. The van der Waals surface area contributed by atoms with Crippen molar-refractivity contribution in [3.8, 4) is 0 Å². The van der Waals surface area contributed by atoms with Crippen LogP contribution in [0.2, 0.25) is 5.02 Å². The van der Waals surface area contributed by atoms with Crippen molar-refractivity contribution in [3.63, 3.8) is 0 Å². The van der Waals surface area contributed by atoms with Gasteiger partial charge in [0.1, 0.15) is 11.3 Å². The summed E-state index contributed by atoms with van der Waals surface area (Å²) >= 11 is 6.36. The summed E-state index contributed by atoms with van der Waals surface area (Å²) in [5.74, 6) is 1.67.